The van der Waals surface area contributed by atoms with Gasteiger partial charge in [-0.15, -0.1) is 0 Å². The van der Waals surface area contributed by atoms with E-state index in [0.29, 0.717) is 12.5 Å². The molecule has 1 aromatic rings. The number of ketones is 1. The molecule has 1 unspecified atom stereocenters. The summed E-state index contributed by atoms with van der Waals surface area (Å²) in [5, 5.41) is 0. The highest BCUT2D eigenvalue weighted by molar-refractivity contribution is 5.97. The zero-order chi connectivity index (χ0) is 15.1. The van der Waals surface area contributed by atoms with Crippen molar-refractivity contribution >= 4 is 5.78 Å². The Morgan fingerprint density at radius 2 is 2.05 bits per heavy atom. The van der Waals surface area contributed by atoms with Crippen molar-refractivity contribution in [1.29, 1.82) is 0 Å². The summed E-state index contributed by atoms with van der Waals surface area (Å²) >= 11 is 0. The van der Waals surface area contributed by atoms with Crippen LogP contribution in [0.25, 0.3) is 0 Å². The van der Waals surface area contributed by atoms with Gasteiger partial charge >= 0.3 is 0 Å². The molecule has 0 N–H and O–H groups in total. The Morgan fingerprint density at radius 3 is 2.81 bits per heavy atom. The number of rotatable bonds is 9. The van der Waals surface area contributed by atoms with E-state index in [4.69, 9.17) is 4.74 Å². The molecular weight excluding hydrogens is 260 g/mol. The summed E-state index contributed by atoms with van der Waals surface area (Å²) < 4.78 is 5.67. The Morgan fingerprint density at radius 1 is 1.24 bits per heavy atom. The smallest absolute Gasteiger partial charge is 0.188 e. The molecule has 2 rings (SSSR count). The molecule has 1 aliphatic carbocycles. The molecule has 0 radical (unpaired) electrons. The first-order valence-electron chi connectivity index (χ1n) is 8.47. The lowest BCUT2D eigenvalue weighted by Crippen LogP contribution is -2.15. The minimum absolute atomic E-state index is 0.120. The van der Waals surface area contributed by atoms with Gasteiger partial charge in [0.15, 0.2) is 5.78 Å². The largest absolute Gasteiger partial charge is 0.373 e. The van der Waals surface area contributed by atoms with Gasteiger partial charge in [-0.3, -0.25) is 4.79 Å². The lowest BCUT2D eigenvalue weighted by atomic mass is 10.0. The molecule has 0 amide bonds. The van der Waals surface area contributed by atoms with E-state index in [9.17, 15) is 4.79 Å². The first kappa shape index (κ1) is 16.2. The summed E-state index contributed by atoms with van der Waals surface area (Å²) in [6.45, 7) is 5.35. The minimum atomic E-state index is 0.120. The first-order chi connectivity index (χ1) is 10.2. The molecule has 1 aromatic carbocycles. The highest BCUT2D eigenvalue weighted by Crippen LogP contribution is 2.23. The van der Waals surface area contributed by atoms with Gasteiger partial charge in [-0.1, -0.05) is 45.2 Å². The number of carbonyl (C=O) groups excluding carboxylic acids is 1. The molecule has 0 aromatic heterocycles. The Labute approximate surface area is 128 Å². The molecule has 2 heteroatoms. The van der Waals surface area contributed by atoms with Crippen LogP contribution in [0.2, 0.25) is 0 Å². The highest BCUT2D eigenvalue weighted by atomic mass is 16.5. The van der Waals surface area contributed by atoms with Crippen molar-refractivity contribution in [3.63, 3.8) is 0 Å². The molecule has 0 saturated heterocycles. The maximum Gasteiger partial charge on any atom is 0.188 e. The van der Waals surface area contributed by atoms with E-state index in [1.54, 1.807) is 0 Å². The Bertz CT molecular complexity index is 465. The van der Waals surface area contributed by atoms with Gasteiger partial charge < -0.3 is 4.74 Å². The maximum absolute atomic E-state index is 12.2. The molecule has 21 heavy (non-hydrogen) atoms. The zero-order valence-electron chi connectivity index (χ0n) is 13.5. The molecule has 0 aliphatic heterocycles. The molecule has 0 spiro atoms. The van der Waals surface area contributed by atoms with Gasteiger partial charge in [0.1, 0.15) is 6.61 Å². The van der Waals surface area contributed by atoms with Gasteiger partial charge in [0.2, 0.25) is 0 Å². The zero-order valence-corrected chi connectivity index (χ0v) is 13.5. The van der Waals surface area contributed by atoms with Crippen LogP contribution in [0, 0.1) is 5.92 Å². The van der Waals surface area contributed by atoms with Crippen molar-refractivity contribution in [3.05, 3.63) is 34.9 Å². The fraction of sp³-hybridized carbons (Fsp3) is 0.632. The number of hydrogen-bond acceptors (Lipinski definition) is 2. The molecule has 116 valence electrons. The molecule has 1 aliphatic rings. The Hall–Kier alpha value is -1.15. The normalized spacial score (nSPS) is 15.0. The van der Waals surface area contributed by atoms with Crippen molar-refractivity contribution in [1.82, 2.24) is 0 Å². The molecule has 0 fully saturated rings. The molecular formula is C19H28O2. The van der Waals surface area contributed by atoms with Crippen LogP contribution < -0.4 is 0 Å². The number of ether oxygens (including phenoxy) is 1. The number of unbranched alkanes of at least 4 members (excludes halogenated alkanes) is 1. The lowest BCUT2D eigenvalue weighted by Gasteiger charge is -2.14. The summed E-state index contributed by atoms with van der Waals surface area (Å²) in [7, 11) is 0. The summed E-state index contributed by atoms with van der Waals surface area (Å²) in [4.78, 5) is 12.2. The van der Waals surface area contributed by atoms with Crippen LogP contribution >= 0.6 is 0 Å². The van der Waals surface area contributed by atoms with Gasteiger partial charge in [-0.05, 0) is 48.8 Å². The van der Waals surface area contributed by atoms with Gasteiger partial charge in [0.05, 0.1) is 0 Å². The number of aryl methyl sites for hydroxylation is 2. The van der Waals surface area contributed by atoms with Crippen LogP contribution in [0.1, 0.15) is 67.4 Å². The molecule has 1 atom stereocenters. The quantitative estimate of drug-likeness (QED) is 0.621. The van der Waals surface area contributed by atoms with Crippen LogP contribution in [0.5, 0.6) is 0 Å². The van der Waals surface area contributed by atoms with Crippen molar-refractivity contribution < 1.29 is 9.53 Å². The number of carbonyl (C=O) groups is 1. The monoisotopic (exact) mass is 288 g/mol. The molecule has 0 heterocycles. The van der Waals surface area contributed by atoms with Gasteiger partial charge in [0, 0.05) is 12.2 Å². The van der Waals surface area contributed by atoms with Crippen molar-refractivity contribution in [2.24, 2.45) is 5.92 Å². The predicted octanol–water partition coefficient (Wildman–Crippen LogP) is 4.59. The number of Topliss-reactive ketones (excluding diaryl/α,β-unsaturated/α-hetero) is 1. The fourth-order valence-corrected chi connectivity index (χ4v) is 3.05. The van der Waals surface area contributed by atoms with E-state index in [-0.39, 0.29) is 12.4 Å². The van der Waals surface area contributed by atoms with Gasteiger partial charge in [-0.2, -0.15) is 0 Å². The molecule has 0 bridgehead atoms. The van der Waals surface area contributed by atoms with E-state index >= 15 is 0 Å². The van der Waals surface area contributed by atoms with Crippen LogP contribution in [-0.4, -0.2) is 19.0 Å². The summed E-state index contributed by atoms with van der Waals surface area (Å²) in [5.74, 6) is 0.716. The average molecular weight is 288 g/mol. The van der Waals surface area contributed by atoms with Crippen LogP contribution in [0.3, 0.4) is 0 Å². The minimum Gasteiger partial charge on any atom is -0.373 e. The second kappa shape index (κ2) is 8.33. The van der Waals surface area contributed by atoms with Crippen molar-refractivity contribution in [3.8, 4) is 0 Å². The maximum atomic E-state index is 12.2. The highest BCUT2D eigenvalue weighted by Gasteiger charge is 2.14. The van der Waals surface area contributed by atoms with Crippen LogP contribution in [0.4, 0.5) is 0 Å². The third-order valence-electron chi connectivity index (χ3n) is 4.55. The van der Waals surface area contributed by atoms with E-state index in [0.717, 1.165) is 24.8 Å². The summed E-state index contributed by atoms with van der Waals surface area (Å²) in [6.07, 6.45) is 8.32. The second-order valence-corrected chi connectivity index (χ2v) is 6.19. The Kier molecular flexibility index (Phi) is 6.44. The lowest BCUT2D eigenvalue weighted by molar-refractivity contribution is 0.0658. The Balaban J connectivity index is 1.79. The molecule has 2 nitrogen and oxygen atoms in total. The SMILES string of the molecule is CCCCC(CC)COCC(=O)c1ccc2c(c1)CCC2. The van der Waals surface area contributed by atoms with E-state index in [1.807, 2.05) is 6.07 Å². The van der Waals surface area contributed by atoms with Crippen LogP contribution in [0.15, 0.2) is 18.2 Å². The predicted molar refractivity (Wildman–Crippen MR) is 86.9 cm³/mol. The summed E-state index contributed by atoms with van der Waals surface area (Å²) in [5.41, 5.74) is 3.59. The number of fused-ring (bicyclic) bond motifs is 1. The van der Waals surface area contributed by atoms with E-state index < -0.39 is 0 Å². The van der Waals surface area contributed by atoms with Gasteiger partial charge in [-0.25, -0.2) is 0 Å². The third-order valence-corrected chi connectivity index (χ3v) is 4.55. The van der Waals surface area contributed by atoms with Gasteiger partial charge in [0.25, 0.3) is 0 Å². The number of benzene rings is 1. The molecule has 0 saturated carbocycles. The van der Waals surface area contributed by atoms with E-state index in [1.165, 1.54) is 36.8 Å². The standard InChI is InChI=1S/C19H28O2/c1-3-5-7-15(4-2)13-21-14-19(20)18-11-10-16-8-6-9-17(16)12-18/h10-12,15H,3-9,13-14H2,1-2H3. The fourth-order valence-electron chi connectivity index (χ4n) is 3.05. The second-order valence-electron chi connectivity index (χ2n) is 6.19. The van der Waals surface area contributed by atoms with Crippen molar-refractivity contribution in [2.45, 2.75) is 58.8 Å². The van der Waals surface area contributed by atoms with E-state index in [2.05, 4.69) is 26.0 Å². The van der Waals surface area contributed by atoms with Crippen molar-refractivity contribution in [2.75, 3.05) is 13.2 Å². The van der Waals surface area contributed by atoms with Crippen LogP contribution in [-0.2, 0) is 17.6 Å². The third kappa shape index (κ3) is 4.67. The topological polar surface area (TPSA) is 26.3 Å². The average Bonchev–Trinajstić information content (AvgIpc) is 2.97. The summed E-state index contributed by atoms with van der Waals surface area (Å²) in [6, 6.07) is 6.15. The number of hydrogen-bond donors (Lipinski definition) is 0. The first-order valence-corrected chi connectivity index (χ1v) is 8.47.